The van der Waals surface area contributed by atoms with Crippen LogP contribution in [0.3, 0.4) is 0 Å². The molecule has 1 aliphatic heterocycles. The lowest BCUT2D eigenvalue weighted by molar-refractivity contribution is 0.0139. The molecule has 3 rings (SSSR count). The van der Waals surface area contributed by atoms with Gasteiger partial charge in [-0.3, -0.25) is 14.3 Å². The van der Waals surface area contributed by atoms with E-state index in [2.05, 4.69) is 16.8 Å². The fraction of sp³-hybridized carbons (Fsp3) is 0.294. The van der Waals surface area contributed by atoms with E-state index in [1.165, 1.54) is 33.7 Å². The van der Waals surface area contributed by atoms with E-state index in [1.807, 2.05) is 0 Å². The third kappa shape index (κ3) is 3.10. The highest BCUT2D eigenvalue weighted by atomic mass is 32.2. The number of anilines is 1. The Hall–Kier alpha value is -2.67. The normalized spacial score (nSPS) is 17.6. The van der Waals surface area contributed by atoms with Gasteiger partial charge in [0.2, 0.25) is 6.35 Å². The van der Waals surface area contributed by atoms with E-state index in [0.717, 1.165) is 0 Å². The largest absolute Gasteiger partial charge is 0.609 e. The fourth-order valence-corrected chi connectivity index (χ4v) is 3.41. The first-order valence-electron chi connectivity index (χ1n) is 7.71. The number of hydrogen-bond donors (Lipinski definition) is 2. The minimum atomic E-state index is -1.39. The van der Waals surface area contributed by atoms with Gasteiger partial charge in [-0.05, 0) is 18.2 Å². The van der Waals surface area contributed by atoms with Crippen molar-refractivity contribution in [1.82, 2.24) is 14.5 Å². The van der Waals surface area contributed by atoms with Crippen LogP contribution in [0.25, 0.3) is 0 Å². The molecule has 2 atom stereocenters. The molecule has 0 bridgehead atoms. The number of fused-ring (bicyclic) bond motifs is 1. The first-order chi connectivity index (χ1) is 12.3. The van der Waals surface area contributed by atoms with Gasteiger partial charge in [-0.2, -0.15) is 4.98 Å². The Morgan fingerprint density at radius 3 is 2.77 bits per heavy atom. The Morgan fingerprint density at radius 1 is 1.38 bits per heavy atom. The number of aromatic hydroxyl groups is 1. The van der Waals surface area contributed by atoms with E-state index < -0.39 is 23.4 Å². The van der Waals surface area contributed by atoms with Crippen molar-refractivity contribution in [1.29, 1.82) is 0 Å². The van der Waals surface area contributed by atoms with Crippen LogP contribution in [-0.2, 0) is 18.2 Å². The number of rotatable bonds is 2. The summed E-state index contributed by atoms with van der Waals surface area (Å²) in [5, 5.41) is 20.2. The number of phenolic OH excluding ortho intramolecular Hbond substituents is 1. The number of aromatic nitrogens is 2. The lowest BCUT2D eigenvalue weighted by Crippen LogP contribution is -2.54. The van der Waals surface area contributed by atoms with Crippen molar-refractivity contribution in [3.05, 3.63) is 35.5 Å². The number of aliphatic hydroxyl groups is 1. The quantitative estimate of drug-likeness (QED) is 0.570. The number of carbonyl (C=O) groups is 1. The van der Waals surface area contributed by atoms with Gasteiger partial charge in [0.25, 0.3) is 5.91 Å². The molecule has 2 unspecified atom stereocenters. The molecule has 26 heavy (non-hydrogen) atoms. The Balaban J connectivity index is 1.96. The van der Waals surface area contributed by atoms with Crippen molar-refractivity contribution in [2.45, 2.75) is 11.5 Å². The number of imidazole rings is 1. The molecule has 2 N–H and O–H groups in total. The molecule has 0 spiro atoms. The third-order valence-corrected chi connectivity index (χ3v) is 4.92. The highest BCUT2D eigenvalue weighted by molar-refractivity contribution is 7.90. The smallest absolute Gasteiger partial charge is 0.325 e. The average Bonchev–Trinajstić information content (AvgIpc) is 2.93. The summed E-state index contributed by atoms with van der Waals surface area (Å²) >= 11 is -1.39. The lowest BCUT2D eigenvalue weighted by Gasteiger charge is -2.37. The Bertz CT molecular complexity index is 915. The van der Waals surface area contributed by atoms with Crippen molar-refractivity contribution < 1.29 is 19.6 Å². The van der Waals surface area contributed by atoms with Crippen LogP contribution < -0.4 is 4.90 Å². The van der Waals surface area contributed by atoms with E-state index in [0.29, 0.717) is 5.56 Å². The average molecular weight is 374 g/mol. The zero-order valence-electron chi connectivity index (χ0n) is 14.5. The van der Waals surface area contributed by atoms with Gasteiger partial charge in [0.15, 0.2) is 11.5 Å². The topological polar surface area (TPSA) is 105 Å². The van der Waals surface area contributed by atoms with E-state index >= 15 is 0 Å². The molecule has 1 aliphatic rings. The molecule has 0 fully saturated rings. The Kier molecular flexibility index (Phi) is 4.82. The third-order valence-electron chi connectivity index (χ3n) is 4.04. The molecule has 136 valence electrons. The first kappa shape index (κ1) is 18.1. The SMILES string of the molecule is CN1C(=O)c2c(nc([S+](C)[O-])n2C)N(CC#Cc2cccc(O)c2)C1O. The van der Waals surface area contributed by atoms with Crippen LogP contribution in [0.1, 0.15) is 16.1 Å². The molecular weight excluding hydrogens is 356 g/mol. The molecule has 0 aliphatic carbocycles. The summed E-state index contributed by atoms with van der Waals surface area (Å²) in [5.41, 5.74) is 0.875. The Morgan fingerprint density at radius 2 is 2.12 bits per heavy atom. The monoisotopic (exact) mass is 374 g/mol. The predicted molar refractivity (Wildman–Crippen MR) is 96.0 cm³/mol. The molecule has 1 amide bonds. The molecule has 0 radical (unpaired) electrons. The van der Waals surface area contributed by atoms with Gasteiger partial charge in [0, 0.05) is 30.8 Å². The first-order valence-corrected chi connectivity index (χ1v) is 9.27. The molecule has 1 aromatic heterocycles. The van der Waals surface area contributed by atoms with Crippen LogP contribution in [0.15, 0.2) is 29.4 Å². The number of carbonyl (C=O) groups excluding carboxylic acids is 1. The standard InChI is InChI=1S/C17H18N4O4S/c1-19-13-14(18-16(19)26(3)25)21(17(24)20(2)15(13)23)9-5-7-11-6-4-8-12(22)10-11/h4,6,8,10,17,22,24H,9H2,1-3H3. The van der Waals surface area contributed by atoms with Crippen molar-refractivity contribution >= 4 is 22.9 Å². The van der Waals surface area contributed by atoms with Gasteiger partial charge in [0.05, 0.1) is 6.54 Å². The molecular formula is C17H18N4O4S. The molecule has 9 heteroatoms. The second-order valence-corrected chi connectivity index (χ2v) is 7.10. The Labute approximate surface area is 153 Å². The summed E-state index contributed by atoms with van der Waals surface area (Å²) < 4.78 is 13.3. The van der Waals surface area contributed by atoms with Gasteiger partial charge >= 0.3 is 5.16 Å². The van der Waals surface area contributed by atoms with Gasteiger partial charge in [-0.15, -0.1) is 0 Å². The number of nitrogens with zero attached hydrogens (tertiary/aromatic N) is 4. The zero-order chi connectivity index (χ0) is 19.0. The summed E-state index contributed by atoms with van der Waals surface area (Å²) in [6.07, 6.45) is 0.242. The summed E-state index contributed by atoms with van der Waals surface area (Å²) in [4.78, 5) is 19.4. The van der Waals surface area contributed by atoms with Crippen LogP contribution >= 0.6 is 0 Å². The van der Waals surface area contributed by atoms with E-state index in [9.17, 15) is 19.6 Å². The van der Waals surface area contributed by atoms with Gasteiger partial charge in [-0.1, -0.05) is 17.9 Å². The maximum Gasteiger partial charge on any atom is 0.325 e. The van der Waals surface area contributed by atoms with Gasteiger partial charge in [0.1, 0.15) is 12.0 Å². The number of hydrogen-bond acceptors (Lipinski definition) is 6. The van der Waals surface area contributed by atoms with Crippen LogP contribution in [0.2, 0.25) is 0 Å². The van der Waals surface area contributed by atoms with E-state index in [1.54, 1.807) is 25.2 Å². The second-order valence-electron chi connectivity index (χ2n) is 5.82. The molecule has 2 heterocycles. The minimum Gasteiger partial charge on any atom is -0.609 e. The fourth-order valence-electron chi connectivity index (χ4n) is 2.72. The van der Waals surface area contributed by atoms with Crippen molar-refractivity contribution in [2.24, 2.45) is 7.05 Å². The maximum atomic E-state index is 12.5. The van der Waals surface area contributed by atoms with Crippen LogP contribution in [0.5, 0.6) is 5.75 Å². The highest BCUT2D eigenvalue weighted by Crippen LogP contribution is 2.30. The molecule has 0 saturated carbocycles. The van der Waals surface area contributed by atoms with Crippen LogP contribution in [-0.4, -0.2) is 61.3 Å². The molecule has 8 nitrogen and oxygen atoms in total. The number of phenols is 1. The number of amides is 1. The molecule has 2 aromatic rings. The van der Waals surface area contributed by atoms with Crippen LogP contribution in [0.4, 0.5) is 5.82 Å². The van der Waals surface area contributed by atoms with Crippen molar-refractivity contribution in [3.8, 4) is 17.6 Å². The van der Waals surface area contributed by atoms with Gasteiger partial charge in [-0.25, -0.2) is 0 Å². The maximum absolute atomic E-state index is 12.5. The van der Waals surface area contributed by atoms with Gasteiger partial charge < -0.3 is 19.7 Å². The highest BCUT2D eigenvalue weighted by Gasteiger charge is 2.40. The molecule has 0 saturated heterocycles. The summed E-state index contributed by atoms with van der Waals surface area (Å²) in [6.45, 7) is 0.0915. The summed E-state index contributed by atoms with van der Waals surface area (Å²) in [5.74, 6) is 5.75. The number of benzene rings is 1. The van der Waals surface area contributed by atoms with E-state index in [-0.39, 0.29) is 29.0 Å². The minimum absolute atomic E-state index is 0.0915. The predicted octanol–water partition coefficient (Wildman–Crippen LogP) is 0.0827. The second kappa shape index (κ2) is 6.92. The number of aliphatic hydroxyl groups excluding tert-OH is 1. The van der Waals surface area contributed by atoms with Crippen molar-refractivity contribution in [2.75, 3.05) is 24.7 Å². The van der Waals surface area contributed by atoms with E-state index in [4.69, 9.17) is 0 Å². The lowest BCUT2D eigenvalue weighted by atomic mass is 10.2. The van der Waals surface area contributed by atoms with Crippen LogP contribution in [0, 0.1) is 11.8 Å². The zero-order valence-corrected chi connectivity index (χ0v) is 15.3. The summed E-state index contributed by atoms with van der Waals surface area (Å²) in [6, 6.07) is 6.51. The summed E-state index contributed by atoms with van der Waals surface area (Å²) in [7, 11) is 3.09. The van der Waals surface area contributed by atoms with Crippen molar-refractivity contribution in [3.63, 3.8) is 0 Å². The molecule has 1 aromatic carbocycles.